The van der Waals surface area contributed by atoms with Crippen LogP contribution >= 0.6 is 23.2 Å². The van der Waals surface area contributed by atoms with Gasteiger partial charge in [0.05, 0.1) is 10.0 Å². The molecule has 0 amide bonds. The number of hydrogen-bond donors (Lipinski definition) is 1. The molecule has 0 spiro atoms. The minimum absolute atomic E-state index is 0.0568. The minimum Gasteiger partial charge on any atom is -0.476 e. The molecule has 1 heterocycles. The summed E-state index contributed by atoms with van der Waals surface area (Å²) in [6.07, 6.45) is -4.96. The van der Waals surface area contributed by atoms with Gasteiger partial charge in [0, 0.05) is 0 Å². The van der Waals surface area contributed by atoms with Crippen molar-refractivity contribution in [2.75, 3.05) is 0 Å². The summed E-state index contributed by atoms with van der Waals surface area (Å²) in [6.45, 7) is 0. The molecule has 1 aromatic heterocycles. The maximum atomic E-state index is 12.7. The van der Waals surface area contributed by atoms with Gasteiger partial charge in [0.2, 0.25) is 5.69 Å². The molecule has 20 heavy (non-hydrogen) atoms. The predicted molar refractivity (Wildman–Crippen MR) is 63.3 cm³/mol. The van der Waals surface area contributed by atoms with Crippen molar-refractivity contribution in [1.82, 2.24) is 15.0 Å². The first-order chi connectivity index (χ1) is 9.23. The highest BCUT2D eigenvalue weighted by atomic mass is 35.5. The van der Waals surface area contributed by atoms with Crippen LogP contribution in [0.25, 0.3) is 5.69 Å². The van der Waals surface area contributed by atoms with Gasteiger partial charge in [-0.15, -0.1) is 5.10 Å². The van der Waals surface area contributed by atoms with Crippen molar-refractivity contribution in [3.8, 4) is 5.69 Å². The van der Waals surface area contributed by atoms with E-state index in [0.717, 1.165) is 0 Å². The Balaban J connectivity index is 2.77. The summed E-state index contributed by atoms with van der Waals surface area (Å²) in [7, 11) is 0. The SMILES string of the molecule is O=C(O)c1c(C(F)(F)F)nnn1-c1c(Cl)cccc1Cl. The fourth-order valence-corrected chi connectivity index (χ4v) is 2.07. The van der Waals surface area contributed by atoms with Gasteiger partial charge in [-0.25, -0.2) is 9.48 Å². The molecule has 10 heteroatoms. The van der Waals surface area contributed by atoms with Gasteiger partial charge >= 0.3 is 12.1 Å². The summed E-state index contributed by atoms with van der Waals surface area (Å²) < 4.78 is 38.5. The van der Waals surface area contributed by atoms with E-state index in [1.807, 2.05) is 0 Å². The largest absolute Gasteiger partial charge is 0.476 e. The highest BCUT2D eigenvalue weighted by Gasteiger charge is 2.41. The molecule has 0 fully saturated rings. The number of nitrogens with zero attached hydrogens (tertiary/aromatic N) is 3. The van der Waals surface area contributed by atoms with Crippen LogP contribution in [0.4, 0.5) is 13.2 Å². The lowest BCUT2D eigenvalue weighted by Crippen LogP contribution is -2.16. The minimum atomic E-state index is -4.96. The molecular weight excluding hydrogens is 322 g/mol. The van der Waals surface area contributed by atoms with Gasteiger partial charge in [0.15, 0.2) is 5.69 Å². The normalized spacial score (nSPS) is 11.7. The second kappa shape index (κ2) is 4.95. The zero-order chi connectivity index (χ0) is 15.1. The maximum Gasteiger partial charge on any atom is 0.437 e. The number of aromatic carboxylic acids is 1. The number of alkyl halides is 3. The molecule has 0 aliphatic heterocycles. The van der Waals surface area contributed by atoms with Crippen LogP contribution in [0, 0.1) is 0 Å². The first kappa shape index (κ1) is 14.6. The third kappa shape index (κ3) is 2.44. The van der Waals surface area contributed by atoms with Gasteiger partial charge in [-0.05, 0) is 12.1 Å². The van der Waals surface area contributed by atoms with Crippen molar-refractivity contribution in [3.05, 3.63) is 39.6 Å². The number of carboxylic acid groups (broad SMARTS) is 1. The van der Waals surface area contributed by atoms with Crippen LogP contribution in [0.3, 0.4) is 0 Å². The molecule has 1 aromatic carbocycles. The lowest BCUT2D eigenvalue weighted by atomic mass is 10.2. The van der Waals surface area contributed by atoms with Crippen LogP contribution in [0.2, 0.25) is 10.0 Å². The average molecular weight is 326 g/mol. The van der Waals surface area contributed by atoms with Crippen LogP contribution in [0.15, 0.2) is 18.2 Å². The van der Waals surface area contributed by atoms with E-state index >= 15 is 0 Å². The highest BCUT2D eigenvalue weighted by Crippen LogP contribution is 2.34. The Bertz CT molecular complexity index is 665. The third-order valence-electron chi connectivity index (χ3n) is 2.29. The van der Waals surface area contributed by atoms with Crippen LogP contribution in [-0.2, 0) is 6.18 Å². The van der Waals surface area contributed by atoms with Crippen molar-refractivity contribution in [2.45, 2.75) is 6.18 Å². The van der Waals surface area contributed by atoms with Crippen molar-refractivity contribution in [3.63, 3.8) is 0 Å². The molecule has 0 saturated heterocycles. The third-order valence-corrected chi connectivity index (χ3v) is 2.90. The molecule has 0 radical (unpaired) electrons. The van der Waals surface area contributed by atoms with Gasteiger partial charge in [-0.1, -0.05) is 34.5 Å². The predicted octanol–water partition coefficient (Wildman–Crippen LogP) is 3.29. The quantitative estimate of drug-likeness (QED) is 0.919. The summed E-state index contributed by atoms with van der Waals surface area (Å²) in [5.74, 6) is -1.85. The lowest BCUT2D eigenvalue weighted by Gasteiger charge is -2.09. The lowest BCUT2D eigenvalue weighted by molar-refractivity contribution is -0.141. The van der Waals surface area contributed by atoms with Crippen molar-refractivity contribution >= 4 is 29.2 Å². The van der Waals surface area contributed by atoms with Gasteiger partial charge in [0.1, 0.15) is 5.69 Å². The monoisotopic (exact) mass is 325 g/mol. The summed E-state index contributed by atoms with van der Waals surface area (Å²) in [6, 6.07) is 4.13. The van der Waals surface area contributed by atoms with Crippen LogP contribution in [0.5, 0.6) is 0 Å². The topological polar surface area (TPSA) is 68.0 Å². The Kier molecular flexibility index (Phi) is 3.61. The zero-order valence-electron chi connectivity index (χ0n) is 9.32. The standard InChI is InChI=1S/C10H4Cl2F3N3O2/c11-4-2-1-3-5(12)6(4)18-7(9(19)20)8(16-17-18)10(13,14)15/h1-3H,(H,19,20). The number of rotatable bonds is 2. The highest BCUT2D eigenvalue weighted by molar-refractivity contribution is 6.37. The molecule has 0 aliphatic carbocycles. The fraction of sp³-hybridized carbons (Fsp3) is 0.100. The fourth-order valence-electron chi connectivity index (χ4n) is 1.51. The van der Waals surface area contributed by atoms with E-state index in [9.17, 15) is 18.0 Å². The van der Waals surface area contributed by atoms with E-state index in [2.05, 4.69) is 10.3 Å². The van der Waals surface area contributed by atoms with E-state index in [1.165, 1.54) is 18.2 Å². The molecule has 2 aromatic rings. The van der Waals surface area contributed by atoms with E-state index in [4.69, 9.17) is 28.3 Å². The maximum absolute atomic E-state index is 12.7. The van der Waals surface area contributed by atoms with Crippen molar-refractivity contribution in [2.24, 2.45) is 0 Å². The van der Waals surface area contributed by atoms with Crippen molar-refractivity contribution in [1.29, 1.82) is 0 Å². The van der Waals surface area contributed by atoms with Crippen LogP contribution < -0.4 is 0 Å². The summed E-state index contributed by atoms with van der Waals surface area (Å²) >= 11 is 11.6. The molecule has 1 N–H and O–H groups in total. The number of para-hydroxylation sites is 1. The summed E-state index contributed by atoms with van der Waals surface area (Å²) in [4.78, 5) is 11.1. The Morgan fingerprint density at radius 1 is 1.25 bits per heavy atom. The van der Waals surface area contributed by atoms with E-state index in [-0.39, 0.29) is 15.7 Å². The zero-order valence-corrected chi connectivity index (χ0v) is 10.8. The second-order valence-corrected chi connectivity index (χ2v) is 4.39. The summed E-state index contributed by atoms with van der Waals surface area (Å²) in [5, 5.41) is 14.9. The molecular formula is C10H4Cl2F3N3O2. The van der Waals surface area contributed by atoms with Gasteiger partial charge in [-0.3, -0.25) is 0 Å². The van der Waals surface area contributed by atoms with Crippen LogP contribution in [-0.4, -0.2) is 26.1 Å². The number of carbonyl (C=O) groups is 1. The van der Waals surface area contributed by atoms with Gasteiger partial charge < -0.3 is 5.11 Å². The first-order valence-corrected chi connectivity index (χ1v) is 5.69. The smallest absolute Gasteiger partial charge is 0.437 e. The van der Waals surface area contributed by atoms with Crippen LogP contribution in [0.1, 0.15) is 16.2 Å². The molecule has 0 atom stereocenters. The van der Waals surface area contributed by atoms with E-state index in [1.54, 1.807) is 0 Å². The molecule has 2 rings (SSSR count). The van der Waals surface area contributed by atoms with E-state index in [0.29, 0.717) is 4.68 Å². The molecule has 0 bridgehead atoms. The van der Waals surface area contributed by atoms with Gasteiger partial charge in [0.25, 0.3) is 0 Å². The Labute approximate surface area is 119 Å². The molecule has 0 saturated carbocycles. The molecule has 0 unspecified atom stereocenters. The Hall–Kier alpha value is -1.80. The average Bonchev–Trinajstić information content (AvgIpc) is 2.73. The first-order valence-electron chi connectivity index (χ1n) is 4.94. The number of carboxylic acids is 1. The Morgan fingerprint density at radius 2 is 1.80 bits per heavy atom. The van der Waals surface area contributed by atoms with Crippen molar-refractivity contribution < 1.29 is 23.1 Å². The summed E-state index contributed by atoms with van der Waals surface area (Å²) in [5.41, 5.74) is -2.97. The molecule has 106 valence electrons. The number of hydrogen-bond acceptors (Lipinski definition) is 3. The molecule has 5 nitrogen and oxygen atoms in total. The Morgan fingerprint density at radius 3 is 2.25 bits per heavy atom. The van der Waals surface area contributed by atoms with Gasteiger partial charge in [-0.2, -0.15) is 13.2 Å². The number of halogens is 5. The number of benzene rings is 1. The van der Waals surface area contributed by atoms with E-state index < -0.39 is 23.5 Å². The molecule has 0 aliphatic rings. The number of aromatic nitrogens is 3. The second-order valence-electron chi connectivity index (χ2n) is 3.57.